The van der Waals surface area contributed by atoms with Gasteiger partial charge in [0.05, 0.1) is 5.69 Å². The highest BCUT2D eigenvalue weighted by molar-refractivity contribution is 5.82. The molecule has 0 spiro atoms. The Kier molecular flexibility index (Phi) is 5.53. The molecule has 0 atom stereocenters. The lowest BCUT2D eigenvalue weighted by molar-refractivity contribution is -0.143. The summed E-state index contributed by atoms with van der Waals surface area (Å²) in [5.74, 6) is 0.779. The molecule has 166 valence electrons. The number of nitrogens with zero attached hydrogens (tertiary/aromatic N) is 6. The number of carbonyl (C=O) groups is 1. The molecule has 4 rings (SSSR count). The van der Waals surface area contributed by atoms with E-state index in [1.807, 2.05) is 0 Å². The number of aryl methyl sites for hydroxylation is 1. The molecule has 0 unspecified atom stereocenters. The highest BCUT2D eigenvalue weighted by Gasteiger charge is 2.35. The van der Waals surface area contributed by atoms with Crippen molar-refractivity contribution in [3.05, 3.63) is 60.3 Å². The first-order valence-electron chi connectivity index (χ1n) is 9.39. The van der Waals surface area contributed by atoms with Gasteiger partial charge in [0.25, 0.3) is 0 Å². The lowest BCUT2D eigenvalue weighted by Gasteiger charge is -2.16. The van der Waals surface area contributed by atoms with Crippen LogP contribution in [0.15, 0.2) is 48.9 Å². The number of rotatable bonds is 7. The van der Waals surface area contributed by atoms with Crippen LogP contribution in [0, 0.1) is 0 Å². The summed E-state index contributed by atoms with van der Waals surface area (Å²) in [5.41, 5.74) is 6.02. The second-order valence-corrected chi connectivity index (χ2v) is 6.89. The van der Waals surface area contributed by atoms with E-state index in [0.717, 1.165) is 21.9 Å². The van der Waals surface area contributed by atoms with Gasteiger partial charge in [0.1, 0.15) is 24.4 Å². The number of amides is 1. The Morgan fingerprint density at radius 2 is 2.00 bits per heavy atom. The van der Waals surface area contributed by atoms with Crippen molar-refractivity contribution in [3.63, 3.8) is 0 Å². The van der Waals surface area contributed by atoms with Gasteiger partial charge in [0.15, 0.2) is 5.82 Å². The molecule has 12 heteroatoms. The lowest BCUT2D eigenvalue weighted by atomic mass is 10.2. The number of nitrogens with two attached hydrogens (primary N) is 1. The van der Waals surface area contributed by atoms with Gasteiger partial charge in [-0.1, -0.05) is 0 Å². The van der Waals surface area contributed by atoms with Crippen molar-refractivity contribution in [1.29, 1.82) is 0 Å². The monoisotopic (exact) mass is 445 g/mol. The molecule has 2 N–H and O–H groups in total. The molecule has 32 heavy (non-hydrogen) atoms. The molecule has 4 aromatic rings. The average Bonchev–Trinajstić information content (AvgIpc) is 3.35. The van der Waals surface area contributed by atoms with Crippen molar-refractivity contribution in [2.24, 2.45) is 12.8 Å². The van der Waals surface area contributed by atoms with Crippen LogP contribution in [-0.4, -0.2) is 30.7 Å². The van der Waals surface area contributed by atoms with Crippen LogP contribution in [0.2, 0.25) is 0 Å². The summed E-state index contributed by atoms with van der Waals surface area (Å²) in [4.78, 5) is 20.7. The van der Waals surface area contributed by atoms with Gasteiger partial charge in [-0.3, -0.25) is 14.4 Å². The Morgan fingerprint density at radius 1 is 1.19 bits per heavy atom. The van der Waals surface area contributed by atoms with E-state index in [2.05, 4.69) is 15.1 Å². The summed E-state index contributed by atoms with van der Waals surface area (Å²) >= 11 is 0. The maximum atomic E-state index is 13.1. The van der Waals surface area contributed by atoms with E-state index >= 15 is 0 Å². The van der Waals surface area contributed by atoms with Crippen LogP contribution in [0.4, 0.5) is 19.0 Å². The van der Waals surface area contributed by atoms with Crippen molar-refractivity contribution in [3.8, 4) is 11.6 Å². The molecule has 0 fully saturated rings. The fourth-order valence-corrected chi connectivity index (χ4v) is 3.21. The van der Waals surface area contributed by atoms with Gasteiger partial charge in [-0.15, -0.1) is 0 Å². The van der Waals surface area contributed by atoms with Crippen molar-refractivity contribution in [1.82, 2.24) is 24.3 Å². The summed E-state index contributed by atoms with van der Waals surface area (Å²) in [7, 11) is 1.18. The third-order valence-corrected chi connectivity index (χ3v) is 4.76. The van der Waals surface area contributed by atoms with E-state index in [1.165, 1.54) is 13.4 Å². The van der Waals surface area contributed by atoms with Crippen molar-refractivity contribution < 1.29 is 22.7 Å². The van der Waals surface area contributed by atoms with Crippen molar-refractivity contribution in [2.45, 2.75) is 19.4 Å². The fourth-order valence-electron chi connectivity index (χ4n) is 3.21. The largest absolute Gasteiger partial charge is 0.439 e. The van der Waals surface area contributed by atoms with E-state index in [0.29, 0.717) is 28.4 Å². The Balaban J connectivity index is 1.56. The number of fused-ring (bicyclic) bond motifs is 1. The molecule has 1 amide bonds. The summed E-state index contributed by atoms with van der Waals surface area (Å²) < 4.78 is 47.3. The minimum Gasteiger partial charge on any atom is -0.439 e. The van der Waals surface area contributed by atoms with Crippen LogP contribution in [0.5, 0.6) is 11.6 Å². The molecule has 0 saturated carbocycles. The predicted molar refractivity (Wildman–Crippen MR) is 109 cm³/mol. The van der Waals surface area contributed by atoms with Crippen LogP contribution in [0.1, 0.15) is 11.4 Å². The van der Waals surface area contributed by atoms with Crippen molar-refractivity contribution >= 4 is 23.1 Å². The zero-order chi connectivity index (χ0) is 22.9. The molecule has 1 aromatic carbocycles. The van der Waals surface area contributed by atoms with E-state index < -0.39 is 11.9 Å². The third-order valence-electron chi connectivity index (χ3n) is 4.76. The van der Waals surface area contributed by atoms with E-state index in [9.17, 15) is 18.0 Å². The molecule has 3 aromatic heterocycles. The number of carbonyl (C=O) groups excluding carboxylic acids is 1. The van der Waals surface area contributed by atoms with Crippen LogP contribution < -0.4 is 15.4 Å². The highest BCUT2D eigenvalue weighted by atomic mass is 19.4. The molecule has 3 heterocycles. The van der Waals surface area contributed by atoms with Gasteiger partial charge in [-0.2, -0.15) is 18.3 Å². The molecular weight excluding hydrogens is 427 g/mol. The number of aromatic nitrogens is 5. The molecular formula is C20H18F3N7O2. The first kappa shape index (κ1) is 21.3. The lowest BCUT2D eigenvalue weighted by Crippen LogP contribution is -2.24. The Hall–Kier alpha value is -3.93. The second kappa shape index (κ2) is 8.30. The maximum absolute atomic E-state index is 13.1. The predicted octanol–water partition coefficient (Wildman–Crippen LogP) is 3.06. The zero-order valence-electron chi connectivity index (χ0n) is 16.8. The first-order chi connectivity index (χ1) is 15.3. The SMILES string of the molecule is Cn1nc(N(C=O)Cn2ccc3cc(Oc4cc(CN)ncn4)ccc32)cc1C(F)(F)F. The van der Waals surface area contributed by atoms with Crippen LogP contribution in [0.25, 0.3) is 10.9 Å². The van der Waals surface area contributed by atoms with E-state index in [4.69, 9.17) is 10.5 Å². The number of anilines is 1. The first-order valence-corrected chi connectivity index (χ1v) is 9.39. The summed E-state index contributed by atoms with van der Waals surface area (Å²) in [6.07, 6.45) is -1.05. The molecule has 0 aliphatic carbocycles. The molecule has 0 radical (unpaired) electrons. The smallest absolute Gasteiger partial charge is 0.433 e. The number of halogens is 3. The minimum absolute atomic E-state index is 0.0206. The quantitative estimate of drug-likeness (QED) is 0.439. The second-order valence-electron chi connectivity index (χ2n) is 6.89. The summed E-state index contributed by atoms with van der Waals surface area (Å²) in [5, 5.41) is 4.63. The van der Waals surface area contributed by atoms with Gasteiger partial charge >= 0.3 is 6.18 Å². The highest BCUT2D eigenvalue weighted by Crippen LogP contribution is 2.31. The van der Waals surface area contributed by atoms with Crippen molar-refractivity contribution in [2.75, 3.05) is 4.90 Å². The molecule has 9 nitrogen and oxygen atoms in total. The molecule has 0 bridgehead atoms. The Morgan fingerprint density at radius 3 is 2.69 bits per heavy atom. The van der Waals surface area contributed by atoms with Gasteiger partial charge < -0.3 is 15.0 Å². The van der Waals surface area contributed by atoms with Gasteiger partial charge in [-0.05, 0) is 24.3 Å². The molecule has 0 saturated heterocycles. The van der Waals surface area contributed by atoms with Gasteiger partial charge in [0, 0.05) is 42.8 Å². The molecule has 0 aliphatic rings. The average molecular weight is 445 g/mol. The maximum Gasteiger partial charge on any atom is 0.433 e. The van der Waals surface area contributed by atoms with Gasteiger partial charge in [-0.25, -0.2) is 9.97 Å². The van der Waals surface area contributed by atoms with E-state index in [-0.39, 0.29) is 19.0 Å². The Bertz CT molecular complexity index is 1270. The standard InChI is InChI=1S/C20H18F3N7O2/c1-28-17(20(21,22)23)8-18(27-28)30(12-31)11-29-5-4-13-6-15(2-3-16(13)29)32-19-7-14(9-24)25-10-26-19/h2-8,10,12H,9,11,24H2,1H3. The summed E-state index contributed by atoms with van der Waals surface area (Å²) in [6.45, 7) is 0.238. The van der Waals surface area contributed by atoms with Crippen LogP contribution in [0.3, 0.4) is 0 Å². The zero-order valence-corrected chi connectivity index (χ0v) is 16.8. The number of alkyl halides is 3. The number of hydrogen-bond donors (Lipinski definition) is 1. The fraction of sp³-hybridized carbons (Fsp3) is 0.200. The minimum atomic E-state index is -4.57. The third kappa shape index (κ3) is 4.25. The molecule has 0 aliphatic heterocycles. The van der Waals surface area contributed by atoms with Crippen LogP contribution >= 0.6 is 0 Å². The Labute approximate surface area is 179 Å². The number of hydrogen-bond acceptors (Lipinski definition) is 6. The summed E-state index contributed by atoms with van der Waals surface area (Å²) in [6, 6.07) is 9.55. The van der Waals surface area contributed by atoms with Crippen LogP contribution in [-0.2, 0) is 31.2 Å². The normalized spacial score (nSPS) is 11.7. The number of benzene rings is 1. The van der Waals surface area contributed by atoms with E-state index in [1.54, 1.807) is 41.1 Å². The topological polar surface area (TPSA) is 104 Å². The number of ether oxygens (including phenoxy) is 1. The van der Waals surface area contributed by atoms with Gasteiger partial charge in [0.2, 0.25) is 12.3 Å².